The number of alkyl halides is 3. The van der Waals surface area contributed by atoms with Crippen LogP contribution in [-0.2, 0) is 12.7 Å². The lowest BCUT2D eigenvalue weighted by atomic mass is 10.2. The summed E-state index contributed by atoms with van der Waals surface area (Å²) in [4.78, 5) is 5.22. The number of halogens is 3. The zero-order valence-corrected chi connectivity index (χ0v) is 11.0. The van der Waals surface area contributed by atoms with E-state index in [9.17, 15) is 13.2 Å². The topological polar surface area (TPSA) is 29.3 Å². The van der Waals surface area contributed by atoms with E-state index in [0.29, 0.717) is 12.2 Å². The van der Waals surface area contributed by atoms with Crippen LogP contribution in [0.25, 0.3) is 4.96 Å². The predicted molar refractivity (Wildman–Crippen MR) is 71.8 cm³/mol. The maximum absolute atomic E-state index is 12.6. The highest BCUT2D eigenvalue weighted by molar-refractivity contribution is 7.15. The van der Waals surface area contributed by atoms with Crippen molar-refractivity contribution >= 4 is 22.0 Å². The quantitative estimate of drug-likeness (QED) is 0.791. The second kappa shape index (κ2) is 4.82. The molecular formula is C13H10F3N3S. The molecule has 2 heterocycles. The molecule has 3 rings (SSSR count). The third-order valence-electron chi connectivity index (χ3n) is 2.81. The number of thiazole rings is 1. The minimum Gasteiger partial charge on any atom is -0.379 e. The monoisotopic (exact) mass is 297 g/mol. The van der Waals surface area contributed by atoms with Gasteiger partial charge in [-0.15, -0.1) is 11.3 Å². The van der Waals surface area contributed by atoms with Crippen LogP contribution < -0.4 is 5.32 Å². The molecule has 0 aliphatic heterocycles. The Morgan fingerprint density at radius 3 is 2.90 bits per heavy atom. The van der Waals surface area contributed by atoms with E-state index in [-0.39, 0.29) is 0 Å². The van der Waals surface area contributed by atoms with E-state index in [0.717, 1.165) is 22.8 Å². The first-order valence-corrected chi connectivity index (χ1v) is 6.72. The van der Waals surface area contributed by atoms with Crippen molar-refractivity contribution in [3.8, 4) is 0 Å². The molecule has 3 aromatic rings. The number of anilines is 1. The largest absolute Gasteiger partial charge is 0.416 e. The third-order valence-corrected chi connectivity index (χ3v) is 3.58. The van der Waals surface area contributed by atoms with Gasteiger partial charge in [-0.3, -0.25) is 4.40 Å². The Kier molecular flexibility index (Phi) is 3.13. The first kappa shape index (κ1) is 13.0. The summed E-state index contributed by atoms with van der Waals surface area (Å²) in [7, 11) is 0. The zero-order chi connectivity index (χ0) is 14.2. The third kappa shape index (κ3) is 2.62. The van der Waals surface area contributed by atoms with Gasteiger partial charge in [-0.25, -0.2) is 4.98 Å². The summed E-state index contributed by atoms with van der Waals surface area (Å²) in [6.07, 6.45) is -0.581. The van der Waals surface area contributed by atoms with E-state index in [1.807, 2.05) is 22.2 Å². The molecule has 0 unspecified atom stereocenters. The van der Waals surface area contributed by atoms with Crippen LogP contribution in [0.3, 0.4) is 0 Å². The highest BCUT2D eigenvalue weighted by Gasteiger charge is 2.30. The van der Waals surface area contributed by atoms with Gasteiger partial charge in [0, 0.05) is 23.5 Å². The van der Waals surface area contributed by atoms with Crippen LogP contribution in [0, 0.1) is 0 Å². The standard InChI is InChI=1S/C13H10F3N3S/c14-13(15,16)9-2-1-3-10(6-9)17-7-11-8-19-4-5-20-12(19)18-11/h1-6,8,17H,7H2. The smallest absolute Gasteiger partial charge is 0.379 e. The second-order valence-corrected chi connectivity index (χ2v) is 5.13. The fraction of sp³-hybridized carbons (Fsp3) is 0.154. The van der Waals surface area contributed by atoms with Crippen LogP contribution in [0.15, 0.2) is 42.0 Å². The number of hydrogen-bond donors (Lipinski definition) is 1. The number of hydrogen-bond acceptors (Lipinski definition) is 3. The first-order valence-electron chi connectivity index (χ1n) is 5.84. The van der Waals surface area contributed by atoms with Crippen LogP contribution in [-0.4, -0.2) is 9.38 Å². The highest BCUT2D eigenvalue weighted by Crippen LogP contribution is 2.30. The molecular weight excluding hydrogens is 287 g/mol. The van der Waals surface area contributed by atoms with E-state index in [2.05, 4.69) is 10.3 Å². The molecule has 0 fully saturated rings. The highest BCUT2D eigenvalue weighted by atomic mass is 32.1. The number of benzene rings is 1. The van der Waals surface area contributed by atoms with Gasteiger partial charge in [-0.05, 0) is 18.2 Å². The van der Waals surface area contributed by atoms with Crippen LogP contribution in [0.4, 0.5) is 18.9 Å². The lowest BCUT2D eigenvalue weighted by molar-refractivity contribution is -0.137. The fourth-order valence-corrected chi connectivity index (χ4v) is 2.58. The van der Waals surface area contributed by atoms with E-state index in [1.54, 1.807) is 6.07 Å². The number of fused-ring (bicyclic) bond motifs is 1. The summed E-state index contributed by atoms with van der Waals surface area (Å²) >= 11 is 1.51. The van der Waals surface area contributed by atoms with Crippen molar-refractivity contribution in [3.05, 3.63) is 53.3 Å². The molecule has 1 N–H and O–H groups in total. The maximum atomic E-state index is 12.6. The molecule has 0 aliphatic rings. The van der Waals surface area contributed by atoms with E-state index in [4.69, 9.17) is 0 Å². The molecule has 0 spiro atoms. The predicted octanol–water partition coefficient (Wildman–Crippen LogP) is 4.03. The first-order chi connectivity index (χ1) is 9.52. The molecule has 0 amide bonds. The molecule has 2 aromatic heterocycles. The van der Waals surface area contributed by atoms with Gasteiger partial charge < -0.3 is 5.32 Å². The van der Waals surface area contributed by atoms with Gasteiger partial charge in [-0.2, -0.15) is 13.2 Å². The maximum Gasteiger partial charge on any atom is 0.416 e. The summed E-state index contributed by atoms with van der Waals surface area (Å²) in [6, 6.07) is 5.14. The molecule has 0 saturated heterocycles. The van der Waals surface area contributed by atoms with Crippen molar-refractivity contribution in [2.24, 2.45) is 0 Å². The van der Waals surface area contributed by atoms with Gasteiger partial charge in [0.2, 0.25) is 0 Å². The van der Waals surface area contributed by atoms with Gasteiger partial charge in [0.25, 0.3) is 0 Å². The van der Waals surface area contributed by atoms with Gasteiger partial charge in [0.15, 0.2) is 4.96 Å². The van der Waals surface area contributed by atoms with Crippen LogP contribution >= 0.6 is 11.3 Å². The van der Waals surface area contributed by atoms with Crippen molar-refractivity contribution in [2.75, 3.05) is 5.32 Å². The average Bonchev–Trinajstić information content (AvgIpc) is 2.96. The molecule has 3 nitrogen and oxygen atoms in total. The Balaban J connectivity index is 1.73. The van der Waals surface area contributed by atoms with Crippen LogP contribution in [0.5, 0.6) is 0 Å². The lowest BCUT2D eigenvalue weighted by Crippen LogP contribution is -2.06. The average molecular weight is 297 g/mol. The summed E-state index contributed by atoms with van der Waals surface area (Å²) in [5.74, 6) is 0. The summed E-state index contributed by atoms with van der Waals surface area (Å²) in [5.41, 5.74) is 0.554. The summed E-state index contributed by atoms with van der Waals surface area (Å²) in [6.45, 7) is 0.385. The van der Waals surface area contributed by atoms with Crippen LogP contribution in [0.2, 0.25) is 0 Å². The van der Waals surface area contributed by atoms with Crippen molar-refractivity contribution < 1.29 is 13.2 Å². The van der Waals surface area contributed by atoms with Crippen molar-refractivity contribution in [1.82, 2.24) is 9.38 Å². The number of rotatable bonds is 3. The molecule has 0 radical (unpaired) electrons. The fourth-order valence-electron chi connectivity index (χ4n) is 1.86. The Morgan fingerprint density at radius 1 is 1.30 bits per heavy atom. The van der Waals surface area contributed by atoms with Gasteiger partial charge in [-0.1, -0.05) is 6.07 Å². The number of nitrogens with one attached hydrogen (secondary N) is 1. The Labute approximate surface area is 116 Å². The molecule has 0 saturated carbocycles. The molecule has 7 heteroatoms. The zero-order valence-electron chi connectivity index (χ0n) is 10.2. The van der Waals surface area contributed by atoms with Crippen LogP contribution in [0.1, 0.15) is 11.3 Å². The number of aromatic nitrogens is 2. The normalized spacial score (nSPS) is 11.9. The van der Waals surface area contributed by atoms with E-state index in [1.165, 1.54) is 17.4 Å². The minimum absolute atomic E-state index is 0.385. The number of nitrogens with zero attached hydrogens (tertiary/aromatic N) is 2. The molecule has 1 aromatic carbocycles. The van der Waals surface area contributed by atoms with Gasteiger partial charge in [0.1, 0.15) is 0 Å². The Morgan fingerprint density at radius 2 is 2.15 bits per heavy atom. The lowest BCUT2D eigenvalue weighted by Gasteiger charge is -2.09. The minimum atomic E-state index is -4.32. The Bertz CT molecular complexity index is 701. The molecule has 20 heavy (non-hydrogen) atoms. The van der Waals surface area contributed by atoms with Gasteiger partial charge in [0.05, 0.1) is 17.8 Å². The van der Waals surface area contributed by atoms with E-state index < -0.39 is 11.7 Å². The second-order valence-electron chi connectivity index (χ2n) is 4.26. The molecule has 0 bridgehead atoms. The SMILES string of the molecule is FC(F)(F)c1cccc(NCc2cn3ccsc3n2)c1. The van der Waals surface area contributed by atoms with Crippen molar-refractivity contribution in [3.63, 3.8) is 0 Å². The summed E-state index contributed by atoms with van der Waals surface area (Å²) in [5, 5.41) is 4.88. The molecule has 0 atom stereocenters. The van der Waals surface area contributed by atoms with Crippen molar-refractivity contribution in [1.29, 1.82) is 0 Å². The number of imidazole rings is 1. The Hall–Kier alpha value is -2.02. The van der Waals surface area contributed by atoms with E-state index >= 15 is 0 Å². The molecule has 0 aliphatic carbocycles. The molecule has 104 valence electrons. The van der Waals surface area contributed by atoms with Crippen molar-refractivity contribution in [2.45, 2.75) is 12.7 Å². The summed E-state index contributed by atoms with van der Waals surface area (Å²) < 4.78 is 39.6. The van der Waals surface area contributed by atoms with Gasteiger partial charge >= 0.3 is 6.18 Å².